The molecule has 0 bridgehead atoms. The van der Waals surface area contributed by atoms with Gasteiger partial charge >= 0.3 is 0 Å². The number of rotatable bonds is 3. The van der Waals surface area contributed by atoms with Gasteiger partial charge in [0.25, 0.3) is 0 Å². The summed E-state index contributed by atoms with van der Waals surface area (Å²) in [6.07, 6.45) is 8.94. The summed E-state index contributed by atoms with van der Waals surface area (Å²) >= 11 is 0. The van der Waals surface area contributed by atoms with E-state index in [1.165, 1.54) is 0 Å². The Labute approximate surface area is 71.6 Å². The molecule has 1 heterocycles. The second-order valence-corrected chi connectivity index (χ2v) is 2.46. The van der Waals surface area contributed by atoms with E-state index in [1.807, 2.05) is 6.07 Å². The highest BCUT2D eigenvalue weighted by atomic mass is 16.1. The predicted molar refractivity (Wildman–Crippen MR) is 46.4 cm³/mol. The number of hydrogen-bond donors (Lipinski definition) is 0. The molecule has 0 radical (unpaired) electrons. The van der Waals surface area contributed by atoms with E-state index in [0.717, 1.165) is 5.56 Å². The van der Waals surface area contributed by atoms with E-state index in [4.69, 9.17) is 6.42 Å². The lowest BCUT2D eigenvalue weighted by atomic mass is 10.1. The molecule has 0 fully saturated rings. The lowest BCUT2D eigenvalue weighted by molar-refractivity contribution is -0.117. The Morgan fingerprint density at radius 2 is 2.50 bits per heavy atom. The van der Waals surface area contributed by atoms with Crippen molar-refractivity contribution < 1.29 is 4.79 Å². The van der Waals surface area contributed by atoms with Gasteiger partial charge in [-0.1, -0.05) is 12.0 Å². The smallest absolute Gasteiger partial charge is 0.149 e. The van der Waals surface area contributed by atoms with E-state index < -0.39 is 0 Å². The Morgan fingerprint density at radius 3 is 3.08 bits per heavy atom. The average Bonchev–Trinajstić information content (AvgIpc) is 2.06. The number of carbonyl (C=O) groups is 1. The minimum atomic E-state index is 0.0606. The Bertz CT molecular complexity index is 297. The monoisotopic (exact) mass is 159 g/mol. The number of aromatic nitrogens is 1. The van der Waals surface area contributed by atoms with Gasteiger partial charge in [-0.05, 0) is 11.6 Å². The zero-order valence-electron chi connectivity index (χ0n) is 6.66. The molecule has 2 heteroatoms. The number of nitrogens with zero attached hydrogens (tertiary/aromatic N) is 1. The van der Waals surface area contributed by atoms with Crippen LogP contribution in [0.4, 0.5) is 0 Å². The summed E-state index contributed by atoms with van der Waals surface area (Å²) in [6, 6.07) is 3.67. The van der Waals surface area contributed by atoms with E-state index in [9.17, 15) is 4.79 Å². The fraction of sp³-hybridized carbons (Fsp3) is 0.200. The molecule has 0 aliphatic carbocycles. The quantitative estimate of drug-likeness (QED) is 0.620. The number of carbonyl (C=O) groups excluding carboxylic acids is 1. The number of ketones is 1. The van der Waals surface area contributed by atoms with Gasteiger partial charge < -0.3 is 0 Å². The highest BCUT2D eigenvalue weighted by Crippen LogP contribution is 1.98. The molecule has 0 spiro atoms. The molecule has 0 saturated carbocycles. The first kappa shape index (κ1) is 8.48. The summed E-state index contributed by atoms with van der Waals surface area (Å²) in [7, 11) is 0. The van der Waals surface area contributed by atoms with Gasteiger partial charge in [0.15, 0.2) is 0 Å². The van der Waals surface area contributed by atoms with Crippen LogP contribution in [0.3, 0.4) is 0 Å². The first-order chi connectivity index (χ1) is 5.83. The molecule has 0 N–H and O–H groups in total. The second kappa shape index (κ2) is 4.30. The van der Waals surface area contributed by atoms with E-state index in [0.29, 0.717) is 6.42 Å². The lowest BCUT2D eigenvalue weighted by Crippen LogP contribution is -2.00. The molecule has 0 aliphatic rings. The topological polar surface area (TPSA) is 30.0 Å². The highest BCUT2D eigenvalue weighted by Gasteiger charge is 2.00. The van der Waals surface area contributed by atoms with Crippen molar-refractivity contribution in [1.29, 1.82) is 0 Å². The van der Waals surface area contributed by atoms with Crippen LogP contribution in [-0.2, 0) is 11.2 Å². The first-order valence-electron chi connectivity index (χ1n) is 3.67. The molecule has 0 unspecified atom stereocenters. The third-order valence-corrected chi connectivity index (χ3v) is 1.42. The van der Waals surface area contributed by atoms with Crippen molar-refractivity contribution in [3.05, 3.63) is 30.1 Å². The molecule has 0 saturated heterocycles. The summed E-state index contributed by atoms with van der Waals surface area (Å²) in [5.41, 5.74) is 0.915. The Morgan fingerprint density at radius 1 is 1.67 bits per heavy atom. The largest absolute Gasteiger partial charge is 0.298 e. The van der Waals surface area contributed by atoms with Crippen LogP contribution in [0.5, 0.6) is 0 Å². The normalized spacial score (nSPS) is 8.92. The van der Waals surface area contributed by atoms with Crippen molar-refractivity contribution >= 4 is 5.78 Å². The van der Waals surface area contributed by atoms with Gasteiger partial charge in [-0.3, -0.25) is 9.78 Å². The van der Waals surface area contributed by atoms with Crippen molar-refractivity contribution in [3.63, 3.8) is 0 Å². The third kappa shape index (κ3) is 2.55. The zero-order valence-corrected chi connectivity index (χ0v) is 6.66. The maximum atomic E-state index is 11.0. The van der Waals surface area contributed by atoms with Crippen LogP contribution in [0.15, 0.2) is 24.5 Å². The van der Waals surface area contributed by atoms with Gasteiger partial charge in [-0.15, -0.1) is 6.42 Å². The van der Waals surface area contributed by atoms with E-state index in [1.54, 1.807) is 18.5 Å². The van der Waals surface area contributed by atoms with Gasteiger partial charge in [0.05, 0.1) is 6.42 Å². The fourth-order valence-electron chi connectivity index (χ4n) is 0.907. The van der Waals surface area contributed by atoms with E-state index in [-0.39, 0.29) is 12.2 Å². The lowest BCUT2D eigenvalue weighted by Gasteiger charge is -1.95. The minimum Gasteiger partial charge on any atom is -0.298 e. The van der Waals surface area contributed by atoms with Crippen LogP contribution in [0.2, 0.25) is 0 Å². The van der Waals surface area contributed by atoms with Crippen molar-refractivity contribution in [2.24, 2.45) is 0 Å². The maximum Gasteiger partial charge on any atom is 0.149 e. The Hall–Kier alpha value is -1.62. The molecule has 60 valence electrons. The Balaban J connectivity index is 2.54. The highest BCUT2D eigenvalue weighted by molar-refractivity contribution is 5.82. The van der Waals surface area contributed by atoms with Crippen molar-refractivity contribution in [2.45, 2.75) is 12.8 Å². The number of hydrogen-bond acceptors (Lipinski definition) is 2. The number of terminal acetylenes is 1. The molecule has 12 heavy (non-hydrogen) atoms. The summed E-state index contributed by atoms with van der Waals surface area (Å²) < 4.78 is 0. The van der Waals surface area contributed by atoms with Crippen LogP contribution in [-0.4, -0.2) is 10.8 Å². The fourth-order valence-corrected chi connectivity index (χ4v) is 0.907. The Kier molecular flexibility index (Phi) is 3.04. The molecule has 0 aliphatic heterocycles. The summed E-state index contributed by atoms with van der Waals surface area (Å²) in [4.78, 5) is 14.9. The van der Waals surface area contributed by atoms with Crippen LogP contribution in [0, 0.1) is 12.3 Å². The summed E-state index contributed by atoms with van der Waals surface area (Å²) in [5, 5.41) is 0. The first-order valence-corrected chi connectivity index (χ1v) is 3.67. The van der Waals surface area contributed by atoms with Gasteiger partial charge in [-0.2, -0.15) is 0 Å². The third-order valence-electron chi connectivity index (χ3n) is 1.42. The van der Waals surface area contributed by atoms with Crippen LogP contribution in [0.1, 0.15) is 12.0 Å². The number of pyridine rings is 1. The molecule has 2 nitrogen and oxygen atoms in total. The van der Waals surface area contributed by atoms with Gasteiger partial charge in [-0.25, -0.2) is 0 Å². The molecule has 0 amide bonds. The molecular formula is C10H9NO. The standard InChI is InChI=1S/C10H9NO/c1-2-4-10(12)7-9-5-3-6-11-8-9/h1,3,5-6,8H,4,7H2. The second-order valence-electron chi connectivity index (χ2n) is 2.46. The zero-order chi connectivity index (χ0) is 8.81. The average molecular weight is 159 g/mol. The van der Waals surface area contributed by atoms with Gasteiger partial charge in [0, 0.05) is 18.8 Å². The van der Waals surface area contributed by atoms with Crippen molar-refractivity contribution in [2.75, 3.05) is 0 Å². The SMILES string of the molecule is C#CCC(=O)Cc1cccnc1. The van der Waals surface area contributed by atoms with Gasteiger partial charge in [0.2, 0.25) is 0 Å². The van der Waals surface area contributed by atoms with Crippen molar-refractivity contribution in [3.8, 4) is 12.3 Å². The molecule has 1 aromatic heterocycles. The molecule has 0 aromatic carbocycles. The van der Waals surface area contributed by atoms with E-state index in [2.05, 4.69) is 10.9 Å². The maximum absolute atomic E-state index is 11.0. The van der Waals surface area contributed by atoms with Crippen LogP contribution < -0.4 is 0 Å². The van der Waals surface area contributed by atoms with E-state index >= 15 is 0 Å². The summed E-state index contributed by atoms with van der Waals surface area (Å²) in [6.45, 7) is 0. The van der Waals surface area contributed by atoms with Crippen molar-refractivity contribution in [1.82, 2.24) is 4.98 Å². The number of Topliss-reactive ketones (excluding diaryl/α,β-unsaturated/α-hetero) is 1. The molecule has 1 aromatic rings. The van der Waals surface area contributed by atoms with Gasteiger partial charge in [0.1, 0.15) is 5.78 Å². The molecular weight excluding hydrogens is 150 g/mol. The minimum absolute atomic E-state index is 0.0606. The van der Waals surface area contributed by atoms with Crippen LogP contribution in [0.25, 0.3) is 0 Å². The molecule has 0 atom stereocenters. The van der Waals surface area contributed by atoms with Crippen LogP contribution >= 0.6 is 0 Å². The predicted octanol–water partition coefficient (Wildman–Crippen LogP) is 1.22. The summed E-state index contributed by atoms with van der Waals surface area (Å²) in [5.74, 6) is 2.38. The molecule has 1 rings (SSSR count).